The van der Waals surface area contributed by atoms with E-state index in [1.54, 1.807) is 0 Å². The monoisotopic (exact) mass is 931 g/mol. The summed E-state index contributed by atoms with van der Waals surface area (Å²) in [6.45, 7) is 0. The molecule has 1 atom stereocenters. The van der Waals surface area contributed by atoms with Gasteiger partial charge in [0.05, 0.1) is 68.1 Å². The first-order valence-corrected chi connectivity index (χ1v) is 24.4. The summed E-state index contributed by atoms with van der Waals surface area (Å²) in [5, 5.41) is 32.3. The molecule has 7 nitrogen and oxygen atoms in total. The molecular weight excluding hydrogens is 891 g/mol. The third kappa shape index (κ3) is 6.68. The van der Waals surface area contributed by atoms with Crippen LogP contribution < -0.4 is 5.32 Å². The van der Waals surface area contributed by atoms with Crippen molar-refractivity contribution < 1.29 is 0 Å². The molecule has 0 aliphatic carbocycles. The molecule has 0 saturated heterocycles. The molecule has 1 aliphatic rings. The molecule has 0 spiro atoms. The van der Waals surface area contributed by atoms with Crippen LogP contribution in [0.2, 0.25) is 0 Å². The Morgan fingerprint density at radius 2 is 0.781 bits per heavy atom. The quantitative estimate of drug-likeness (QED) is 0.173. The van der Waals surface area contributed by atoms with Gasteiger partial charge in [-0.2, -0.15) is 10.5 Å². The average Bonchev–Trinajstić information content (AvgIpc) is 4.10. The first-order chi connectivity index (χ1) is 36.1. The molecule has 3 aromatic heterocycles. The molecule has 0 bridgehead atoms. The standard InChI is InChI=1S/C66H41N7/c67-40-45-36-55(59-39-58(43-15-3-1-4-16-43)69-66(70-59)44-17-5-2-6-18-44)46(41-68)35-54(45)42-27-29-47(30-28-42)71-64-33-31-48(72-60-23-11-7-19-50(60)51-20-8-12-24-61(51)72)37-56(64)57-38-49(32-34-65(57)71)73-62-25-13-9-21-52(62)53-22-10-14-26-63(53)73/h1-39,58H,(H,69,70). The van der Waals surface area contributed by atoms with E-state index in [1.165, 1.54) is 21.5 Å². The summed E-state index contributed by atoms with van der Waals surface area (Å²) in [4.78, 5) is 5.07. The van der Waals surface area contributed by atoms with E-state index in [2.05, 4.69) is 201 Å². The third-order valence-corrected chi connectivity index (χ3v) is 14.6. The molecule has 340 valence electrons. The Kier molecular flexibility index (Phi) is 9.57. The van der Waals surface area contributed by atoms with E-state index in [0.717, 1.165) is 77.6 Å². The van der Waals surface area contributed by atoms with E-state index in [9.17, 15) is 10.5 Å². The maximum Gasteiger partial charge on any atom is 0.134 e. The number of amidine groups is 1. The lowest BCUT2D eigenvalue weighted by molar-refractivity contribution is 0.781. The van der Waals surface area contributed by atoms with Gasteiger partial charge in [0, 0.05) is 66.1 Å². The van der Waals surface area contributed by atoms with Crippen LogP contribution in [0.3, 0.4) is 0 Å². The number of rotatable bonds is 7. The van der Waals surface area contributed by atoms with Crippen molar-refractivity contribution in [3.05, 3.63) is 264 Å². The third-order valence-electron chi connectivity index (χ3n) is 14.6. The van der Waals surface area contributed by atoms with E-state index in [-0.39, 0.29) is 6.04 Å². The van der Waals surface area contributed by atoms with Crippen molar-refractivity contribution in [1.29, 1.82) is 10.5 Å². The van der Waals surface area contributed by atoms with Crippen molar-refractivity contribution in [1.82, 2.24) is 19.0 Å². The number of nitrogens with one attached hydrogen (secondary N) is 1. The Morgan fingerprint density at radius 1 is 0.370 bits per heavy atom. The van der Waals surface area contributed by atoms with Crippen LogP contribution in [-0.2, 0) is 0 Å². The van der Waals surface area contributed by atoms with E-state index in [1.807, 2.05) is 66.7 Å². The number of para-hydroxylation sites is 4. The van der Waals surface area contributed by atoms with Gasteiger partial charge in [-0.15, -0.1) is 0 Å². The fraction of sp³-hybridized carbons (Fsp3) is 0.0152. The lowest BCUT2D eigenvalue weighted by Crippen LogP contribution is -2.31. The lowest BCUT2D eigenvalue weighted by Gasteiger charge is -2.25. The molecule has 13 aromatic rings. The van der Waals surface area contributed by atoms with Crippen molar-refractivity contribution in [3.8, 4) is 40.3 Å². The Morgan fingerprint density at radius 3 is 1.29 bits per heavy atom. The molecule has 4 heterocycles. The fourth-order valence-electron chi connectivity index (χ4n) is 11.3. The normalized spacial score (nSPS) is 13.6. The van der Waals surface area contributed by atoms with Gasteiger partial charge in [-0.1, -0.05) is 146 Å². The van der Waals surface area contributed by atoms with Gasteiger partial charge in [-0.05, 0) is 102 Å². The van der Waals surface area contributed by atoms with Crippen molar-refractivity contribution in [2.24, 2.45) is 4.99 Å². The van der Waals surface area contributed by atoms with Crippen molar-refractivity contribution in [3.63, 3.8) is 0 Å². The largest absolute Gasteiger partial charge is 0.359 e. The minimum Gasteiger partial charge on any atom is -0.359 e. The number of hydrogen-bond donors (Lipinski definition) is 1. The van der Waals surface area contributed by atoms with Crippen LogP contribution in [0.25, 0.3) is 99.3 Å². The summed E-state index contributed by atoms with van der Waals surface area (Å²) in [5.41, 5.74) is 15.6. The second-order valence-electron chi connectivity index (χ2n) is 18.6. The van der Waals surface area contributed by atoms with Gasteiger partial charge in [0.25, 0.3) is 0 Å². The Hall–Kier alpha value is -10.2. The zero-order valence-electron chi connectivity index (χ0n) is 39.3. The predicted octanol–water partition coefficient (Wildman–Crippen LogP) is 15.5. The molecule has 0 saturated carbocycles. The van der Waals surface area contributed by atoms with Crippen LogP contribution in [0.5, 0.6) is 0 Å². The number of hydrogen-bond acceptors (Lipinski definition) is 4. The Bertz CT molecular complexity index is 4260. The highest BCUT2D eigenvalue weighted by Gasteiger charge is 2.24. The number of aliphatic imine (C=N–C) groups is 1. The highest BCUT2D eigenvalue weighted by Crippen LogP contribution is 2.41. The summed E-state index contributed by atoms with van der Waals surface area (Å²) in [5.74, 6) is 0.699. The number of fused-ring (bicyclic) bond motifs is 9. The average molecular weight is 932 g/mol. The summed E-state index contributed by atoms with van der Waals surface area (Å²) >= 11 is 0. The molecule has 10 aromatic carbocycles. The Labute approximate surface area is 420 Å². The van der Waals surface area contributed by atoms with Crippen molar-refractivity contribution in [2.45, 2.75) is 6.04 Å². The molecule has 73 heavy (non-hydrogen) atoms. The smallest absolute Gasteiger partial charge is 0.134 e. The summed E-state index contributed by atoms with van der Waals surface area (Å²) < 4.78 is 7.10. The molecule has 1 N–H and O–H groups in total. The molecule has 0 amide bonds. The number of benzene rings is 10. The zero-order valence-corrected chi connectivity index (χ0v) is 39.3. The van der Waals surface area contributed by atoms with E-state index < -0.39 is 0 Å². The molecular formula is C66H41N7. The van der Waals surface area contributed by atoms with Crippen molar-refractivity contribution >= 4 is 77.0 Å². The van der Waals surface area contributed by atoms with E-state index in [4.69, 9.17) is 4.99 Å². The van der Waals surface area contributed by atoms with Gasteiger partial charge in [-0.3, -0.25) is 0 Å². The first-order valence-electron chi connectivity index (χ1n) is 24.4. The number of nitrogens with zero attached hydrogens (tertiary/aromatic N) is 6. The number of nitriles is 2. The van der Waals surface area contributed by atoms with E-state index in [0.29, 0.717) is 33.8 Å². The predicted molar refractivity (Wildman–Crippen MR) is 298 cm³/mol. The van der Waals surface area contributed by atoms with Crippen LogP contribution >= 0.6 is 0 Å². The van der Waals surface area contributed by atoms with Gasteiger partial charge < -0.3 is 19.0 Å². The fourth-order valence-corrected chi connectivity index (χ4v) is 11.3. The lowest BCUT2D eigenvalue weighted by atomic mass is 9.92. The summed E-state index contributed by atoms with van der Waals surface area (Å²) in [6, 6.07) is 85.1. The van der Waals surface area contributed by atoms with Gasteiger partial charge in [-0.25, -0.2) is 4.99 Å². The molecule has 14 rings (SSSR count). The topological polar surface area (TPSA) is 86.8 Å². The highest BCUT2D eigenvalue weighted by atomic mass is 15.1. The van der Waals surface area contributed by atoms with E-state index >= 15 is 0 Å². The van der Waals surface area contributed by atoms with Crippen LogP contribution in [0.4, 0.5) is 0 Å². The molecule has 1 unspecified atom stereocenters. The minimum atomic E-state index is -0.199. The van der Waals surface area contributed by atoms with Gasteiger partial charge in [0.15, 0.2) is 0 Å². The van der Waals surface area contributed by atoms with Crippen LogP contribution in [0.15, 0.2) is 242 Å². The van der Waals surface area contributed by atoms with Gasteiger partial charge in [0.2, 0.25) is 0 Å². The molecule has 7 heteroatoms. The summed E-state index contributed by atoms with van der Waals surface area (Å²) in [6.07, 6.45) is 2.04. The molecule has 1 aliphatic heterocycles. The maximum absolute atomic E-state index is 10.8. The summed E-state index contributed by atoms with van der Waals surface area (Å²) in [7, 11) is 0. The van der Waals surface area contributed by atoms with Crippen LogP contribution in [0, 0.1) is 22.7 Å². The van der Waals surface area contributed by atoms with Crippen molar-refractivity contribution in [2.75, 3.05) is 0 Å². The van der Waals surface area contributed by atoms with Gasteiger partial charge >= 0.3 is 0 Å². The maximum atomic E-state index is 10.8. The molecule has 0 radical (unpaired) electrons. The SMILES string of the molecule is N#Cc1cc(-c2ccc(-n3c4ccc(-n5c6ccccc6c6ccccc65)cc4c4cc(-n5c6ccccc6c6ccccc65)ccc43)cc2)c(C#N)cc1C1=CC(c2ccccc2)NC(c2ccccc2)=N1. The number of aromatic nitrogens is 3. The van der Waals surface area contributed by atoms with Crippen LogP contribution in [0.1, 0.15) is 33.9 Å². The minimum absolute atomic E-state index is 0.199. The second kappa shape index (κ2) is 16.7. The first kappa shape index (κ1) is 41.7. The highest BCUT2D eigenvalue weighted by molar-refractivity contribution is 6.14. The zero-order chi connectivity index (χ0) is 48.6. The molecule has 0 fully saturated rings. The van der Waals surface area contributed by atoms with Gasteiger partial charge in [0.1, 0.15) is 5.84 Å². The van der Waals surface area contributed by atoms with Crippen LogP contribution in [-0.4, -0.2) is 19.5 Å². The Balaban J connectivity index is 0.918. The second-order valence-corrected chi connectivity index (χ2v) is 18.6.